The van der Waals surface area contributed by atoms with Gasteiger partial charge in [-0.1, -0.05) is 13.8 Å². The lowest BCUT2D eigenvalue weighted by atomic mass is 10.0. The molecule has 0 bridgehead atoms. The summed E-state index contributed by atoms with van der Waals surface area (Å²) in [6.07, 6.45) is -2.88. The molecule has 0 N–H and O–H groups in total. The van der Waals surface area contributed by atoms with Crippen LogP contribution in [0.5, 0.6) is 0 Å². The summed E-state index contributed by atoms with van der Waals surface area (Å²) in [5.74, 6) is -0.172. The fourth-order valence-electron chi connectivity index (χ4n) is 1.31. The first-order valence-corrected chi connectivity index (χ1v) is 4.89. The lowest BCUT2D eigenvalue weighted by Gasteiger charge is -2.07. The van der Waals surface area contributed by atoms with Crippen LogP contribution in [0.15, 0.2) is 6.20 Å². The van der Waals surface area contributed by atoms with Crippen molar-refractivity contribution in [3.05, 3.63) is 17.5 Å². The largest absolute Gasteiger partial charge is 0.435 e. The van der Waals surface area contributed by atoms with Crippen molar-refractivity contribution < 1.29 is 13.2 Å². The maximum atomic E-state index is 12.6. The van der Waals surface area contributed by atoms with E-state index in [1.807, 2.05) is 0 Å². The average molecular weight is 220 g/mol. The summed E-state index contributed by atoms with van der Waals surface area (Å²) >= 11 is 0. The Labute approximate surface area is 87.1 Å². The molecule has 0 saturated carbocycles. The quantitative estimate of drug-likeness (QED) is 0.744. The van der Waals surface area contributed by atoms with Gasteiger partial charge in [-0.3, -0.25) is 4.68 Å². The van der Waals surface area contributed by atoms with Gasteiger partial charge < -0.3 is 0 Å². The zero-order valence-electron chi connectivity index (χ0n) is 9.26. The van der Waals surface area contributed by atoms with E-state index in [1.54, 1.807) is 27.7 Å². The number of aromatic nitrogens is 2. The number of hydrogen-bond acceptors (Lipinski definition) is 1. The first-order chi connectivity index (χ1) is 6.73. The highest BCUT2D eigenvalue weighted by Crippen LogP contribution is 2.34. The second-order valence-corrected chi connectivity index (χ2v) is 4.16. The van der Waals surface area contributed by atoms with Crippen molar-refractivity contribution in [1.29, 1.82) is 0 Å². The maximum absolute atomic E-state index is 12.6. The summed E-state index contributed by atoms with van der Waals surface area (Å²) in [5, 5.41) is 3.59. The van der Waals surface area contributed by atoms with Gasteiger partial charge in [0.15, 0.2) is 5.69 Å². The summed E-state index contributed by atoms with van der Waals surface area (Å²) in [7, 11) is 0. The van der Waals surface area contributed by atoms with Crippen molar-refractivity contribution in [3.63, 3.8) is 0 Å². The van der Waals surface area contributed by atoms with E-state index in [0.717, 1.165) is 0 Å². The summed E-state index contributed by atoms with van der Waals surface area (Å²) in [6.45, 7) is 7.07. The van der Waals surface area contributed by atoms with Gasteiger partial charge in [-0.05, 0) is 19.8 Å². The third-order valence-corrected chi connectivity index (χ3v) is 2.18. The van der Waals surface area contributed by atoms with Crippen molar-refractivity contribution in [2.24, 2.45) is 0 Å². The van der Waals surface area contributed by atoms with E-state index in [9.17, 15) is 13.2 Å². The first kappa shape index (κ1) is 12.1. The van der Waals surface area contributed by atoms with Crippen LogP contribution in [0.3, 0.4) is 0 Å². The van der Waals surface area contributed by atoms with Crippen LogP contribution in [-0.4, -0.2) is 9.78 Å². The Morgan fingerprint density at radius 3 is 2.00 bits per heavy atom. The molecular weight excluding hydrogens is 205 g/mol. The molecule has 1 aromatic heterocycles. The Morgan fingerprint density at radius 2 is 1.73 bits per heavy atom. The lowest BCUT2D eigenvalue weighted by molar-refractivity contribution is -0.142. The van der Waals surface area contributed by atoms with Gasteiger partial charge in [0.25, 0.3) is 0 Å². The molecule has 0 amide bonds. The maximum Gasteiger partial charge on any atom is 0.435 e. The summed E-state index contributed by atoms with van der Waals surface area (Å²) < 4.78 is 39.2. The molecule has 15 heavy (non-hydrogen) atoms. The van der Waals surface area contributed by atoms with Gasteiger partial charge in [-0.25, -0.2) is 0 Å². The van der Waals surface area contributed by atoms with E-state index >= 15 is 0 Å². The van der Waals surface area contributed by atoms with Crippen LogP contribution < -0.4 is 0 Å². The normalized spacial score (nSPS) is 12.9. The molecule has 0 radical (unpaired) electrons. The summed E-state index contributed by atoms with van der Waals surface area (Å²) in [6, 6.07) is -0.0569. The zero-order chi connectivity index (χ0) is 11.8. The van der Waals surface area contributed by atoms with Gasteiger partial charge in [0.1, 0.15) is 0 Å². The lowest BCUT2D eigenvalue weighted by Crippen LogP contribution is -2.11. The molecule has 5 heteroatoms. The average Bonchev–Trinajstić information content (AvgIpc) is 2.45. The van der Waals surface area contributed by atoms with Gasteiger partial charge >= 0.3 is 6.18 Å². The van der Waals surface area contributed by atoms with E-state index in [-0.39, 0.29) is 17.5 Å². The highest BCUT2D eigenvalue weighted by Gasteiger charge is 2.37. The molecule has 0 spiro atoms. The number of halogens is 3. The highest BCUT2D eigenvalue weighted by atomic mass is 19.4. The van der Waals surface area contributed by atoms with E-state index in [4.69, 9.17) is 0 Å². The Kier molecular flexibility index (Phi) is 3.11. The van der Waals surface area contributed by atoms with Crippen LogP contribution >= 0.6 is 0 Å². The molecule has 0 aromatic carbocycles. The second kappa shape index (κ2) is 3.87. The Hall–Kier alpha value is -1.00. The standard InChI is InChI=1S/C10H15F3N2/c1-6(2)8-5-15(7(3)4)14-9(8)10(11,12)13/h5-7H,1-4H3. The zero-order valence-corrected chi connectivity index (χ0v) is 9.26. The minimum absolute atomic E-state index is 0.0569. The molecule has 2 nitrogen and oxygen atoms in total. The highest BCUT2D eigenvalue weighted by molar-refractivity contribution is 5.23. The molecule has 1 heterocycles. The molecule has 0 atom stereocenters. The van der Waals surface area contributed by atoms with Crippen LogP contribution in [0.4, 0.5) is 13.2 Å². The molecule has 0 unspecified atom stereocenters. The fourth-order valence-corrected chi connectivity index (χ4v) is 1.31. The van der Waals surface area contributed by atoms with Gasteiger partial charge in [0.05, 0.1) is 0 Å². The van der Waals surface area contributed by atoms with E-state index in [0.29, 0.717) is 0 Å². The monoisotopic (exact) mass is 220 g/mol. The van der Waals surface area contributed by atoms with Gasteiger partial charge in [0, 0.05) is 17.8 Å². The van der Waals surface area contributed by atoms with Gasteiger partial charge in [0.2, 0.25) is 0 Å². The van der Waals surface area contributed by atoms with Crippen LogP contribution in [0, 0.1) is 0 Å². The third kappa shape index (κ3) is 2.52. The minimum atomic E-state index is -4.36. The summed E-state index contributed by atoms with van der Waals surface area (Å²) in [5.41, 5.74) is -0.498. The topological polar surface area (TPSA) is 17.8 Å². The molecule has 1 rings (SSSR count). The van der Waals surface area contributed by atoms with E-state index in [1.165, 1.54) is 10.9 Å². The van der Waals surface area contributed by atoms with Crippen LogP contribution in [-0.2, 0) is 6.18 Å². The van der Waals surface area contributed by atoms with E-state index < -0.39 is 11.9 Å². The van der Waals surface area contributed by atoms with Gasteiger partial charge in [-0.2, -0.15) is 18.3 Å². The summed E-state index contributed by atoms with van der Waals surface area (Å²) in [4.78, 5) is 0. The first-order valence-electron chi connectivity index (χ1n) is 4.89. The van der Waals surface area contributed by atoms with Crippen LogP contribution in [0.1, 0.15) is 50.9 Å². The van der Waals surface area contributed by atoms with Crippen LogP contribution in [0.2, 0.25) is 0 Å². The van der Waals surface area contributed by atoms with Gasteiger partial charge in [-0.15, -0.1) is 0 Å². The Bertz CT molecular complexity index is 337. The molecule has 0 aliphatic rings. The number of nitrogens with zero attached hydrogens (tertiary/aromatic N) is 2. The molecule has 1 aromatic rings. The third-order valence-electron chi connectivity index (χ3n) is 2.18. The van der Waals surface area contributed by atoms with Crippen molar-refractivity contribution in [2.45, 2.75) is 45.8 Å². The predicted octanol–water partition coefficient (Wildman–Crippen LogP) is 3.61. The van der Waals surface area contributed by atoms with E-state index in [2.05, 4.69) is 5.10 Å². The molecule has 0 aliphatic carbocycles. The Balaban J connectivity index is 3.24. The predicted molar refractivity (Wildman–Crippen MR) is 51.7 cm³/mol. The SMILES string of the molecule is CC(C)c1cn(C(C)C)nc1C(F)(F)F. The van der Waals surface area contributed by atoms with Crippen molar-refractivity contribution >= 4 is 0 Å². The number of rotatable bonds is 2. The molecule has 0 saturated heterocycles. The Morgan fingerprint density at radius 1 is 1.20 bits per heavy atom. The molecule has 86 valence electrons. The minimum Gasteiger partial charge on any atom is -0.269 e. The number of alkyl halides is 3. The second-order valence-electron chi connectivity index (χ2n) is 4.16. The molecule has 0 aliphatic heterocycles. The smallest absolute Gasteiger partial charge is 0.269 e. The van der Waals surface area contributed by atoms with Crippen molar-refractivity contribution in [2.75, 3.05) is 0 Å². The molecule has 0 fully saturated rings. The van der Waals surface area contributed by atoms with Crippen molar-refractivity contribution in [3.8, 4) is 0 Å². The number of hydrogen-bond donors (Lipinski definition) is 0. The van der Waals surface area contributed by atoms with Crippen molar-refractivity contribution in [1.82, 2.24) is 9.78 Å². The fraction of sp³-hybridized carbons (Fsp3) is 0.700. The molecular formula is C10H15F3N2. The van der Waals surface area contributed by atoms with Crippen LogP contribution in [0.25, 0.3) is 0 Å².